The summed E-state index contributed by atoms with van der Waals surface area (Å²) < 4.78 is 16.5. The topological polar surface area (TPSA) is 38.3 Å². The first-order chi connectivity index (χ1) is 4.77. The molecule has 1 unspecified atom stereocenters. The van der Waals surface area contributed by atoms with Gasteiger partial charge in [-0.15, -0.1) is 11.6 Å². The van der Waals surface area contributed by atoms with Gasteiger partial charge in [0.15, 0.2) is 0 Å². The van der Waals surface area contributed by atoms with E-state index in [-0.39, 0.29) is 0 Å². The molecule has 0 aliphatic carbocycles. The van der Waals surface area contributed by atoms with Gasteiger partial charge >= 0.3 is 0 Å². The van der Waals surface area contributed by atoms with Crippen LogP contribution in [0, 0.1) is 0 Å². The van der Waals surface area contributed by atoms with E-state index in [1.165, 1.54) is 0 Å². The van der Waals surface area contributed by atoms with Gasteiger partial charge in [-0.25, -0.2) is 5.09 Å². The first kappa shape index (κ1) is 8.54. The fourth-order valence-corrected chi connectivity index (χ4v) is 3.03. The van der Waals surface area contributed by atoms with Gasteiger partial charge in [0.25, 0.3) is 7.52 Å². The SMILES string of the molecule is O=P1(CCCl)NCCCO1. The highest BCUT2D eigenvalue weighted by molar-refractivity contribution is 7.57. The molecule has 5 heteroatoms. The maximum absolute atomic E-state index is 11.4. The highest BCUT2D eigenvalue weighted by Gasteiger charge is 2.24. The van der Waals surface area contributed by atoms with Crippen LogP contribution < -0.4 is 5.09 Å². The van der Waals surface area contributed by atoms with Gasteiger partial charge in [-0.05, 0) is 6.42 Å². The summed E-state index contributed by atoms with van der Waals surface area (Å²) in [5.41, 5.74) is 0. The minimum atomic E-state index is -2.50. The third kappa shape index (κ3) is 2.24. The largest absolute Gasteiger partial charge is 0.317 e. The number of hydrogen-bond donors (Lipinski definition) is 1. The minimum Gasteiger partial charge on any atom is -0.317 e. The van der Waals surface area contributed by atoms with Crippen molar-refractivity contribution in [1.82, 2.24) is 5.09 Å². The Morgan fingerprint density at radius 3 is 3.00 bits per heavy atom. The molecule has 1 aliphatic heterocycles. The molecule has 1 heterocycles. The lowest BCUT2D eigenvalue weighted by atomic mass is 10.5. The summed E-state index contributed by atoms with van der Waals surface area (Å²) in [6, 6.07) is 0. The quantitative estimate of drug-likeness (QED) is 0.520. The van der Waals surface area contributed by atoms with Crippen LogP contribution >= 0.6 is 19.1 Å². The Bertz CT molecular complexity index is 134. The van der Waals surface area contributed by atoms with Crippen molar-refractivity contribution >= 4 is 19.1 Å². The number of nitrogens with one attached hydrogen (secondary N) is 1. The molecule has 1 saturated heterocycles. The molecular formula is C5H11ClNO2P. The van der Waals surface area contributed by atoms with E-state index < -0.39 is 7.52 Å². The Morgan fingerprint density at radius 2 is 2.50 bits per heavy atom. The zero-order valence-corrected chi connectivity index (χ0v) is 7.33. The maximum atomic E-state index is 11.4. The normalized spacial score (nSPS) is 34.1. The van der Waals surface area contributed by atoms with Crippen molar-refractivity contribution in [3.05, 3.63) is 0 Å². The summed E-state index contributed by atoms with van der Waals surface area (Å²) in [5, 5.41) is 2.85. The van der Waals surface area contributed by atoms with Crippen LogP contribution in [0.3, 0.4) is 0 Å². The smallest absolute Gasteiger partial charge is 0.270 e. The van der Waals surface area contributed by atoms with Crippen molar-refractivity contribution in [2.75, 3.05) is 25.2 Å². The molecule has 3 nitrogen and oxygen atoms in total. The Balaban J connectivity index is 2.41. The summed E-state index contributed by atoms with van der Waals surface area (Å²) in [5.74, 6) is 0.393. The first-order valence-electron chi connectivity index (χ1n) is 3.31. The molecular weight excluding hydrogens is 172 g/mol. The zero-order valence-electron chi connectivity index (χ0n) is 5.68. The average molecular weight is 184 g/mol. The van der Waals surface area contributed by atoms with E-state index in [2.05, 4.69) is 5.09 Å². The van der Waals surface area contributed by atoms with Crippen molar-refractivity contribution in [3.8, 4) is 0 Å². The molecule has 0 amide bonds. The third-order valence-corrected chi connectivity index (χ3v) is 3.92. The highest BCUT2D eigenvalue weighted by atomic mass is 35.5. The number of hydrogen-bond acceptors (Lipinski definition) is 2. The fraction of sp³-hybridized carbons (Fsp3) is 1.00. The van der Waals surface area contributed by atoms with Gasteiger partial charge in [0.1, 0.15) is 0 Å². The molecule has 0 saturated carbocycles. The van der Waals surface area contributed by atoms with E-state index in [1.54, 1.807) is 0 Å². The van der Waals surface area contributed by atoms with Gasteiger partial charge in [-0.1, -0.05) is 0 Å². The van der Waals surface area contributed by atoms with Gasteiger partial charge in [-0.2, -0.15) is 0 Å². The maximum Gasteiger partial charge on any atom is 0.270 e. The lowest BCUT2D eigenvalue weighted by Crippen LogP contribution is -2.23. The summed E-state index contributed by atoms with van der Waals surface area (Å²) in [6.45, 7) is 1.38. The lowest BCUT2D eigenvalue weighted by Gasteiger charge is -2.23. The van der Waals surface area contributed by atoms with E-state index in [0.29, 0.717) is 18.6 Å². The second kappa shape index (κ2) is 3.72. The van der Waals surface area contributed by atoms with Crippen molar-refractivity contribution in [3.63, 3.8) is 0 Å². The van der Waals surface area contributed by atoms with Crippen LogP contribution in [-0.2, 0) is 9.09 Å². The fourth-order valence-electron chi connectivity index (χ4n) is 0.834. The molecule has 60 valence electrons. The first-order valence-corrected chi connectivity index (χ1v) is 5.66. The number of rotatable bonds is 2. The molecule has 1 atom stereocenters. The Morgan fingerprint density at radius 1 is 1.70 bits per heavy atom. The third-order valence-electron chi connectivity index (χ3n) is 1.35. The van der Waals surface area contributed by atoms with E-state index >= 15 is 0 Å². The minimum absolute atomic E-state index is 0.393. The molecule has 1 aliphatic rings. The van der Waals surface area contributed by atoms with Crippen molar-refractivity contribution in [1.29, 1.82) is 0 Å². The van der Waals surface area contributed by atoms with E-state index in [1.807, 2.05) is 0 Å². The van der Waals surface area contributed by atoms with Crippen molar-refractivity contribution < 1.29 is 9.09 Å². The van der Waals surface area contributed by atoms with Gasteiger partial charge in [0.2, 0.25) is 0 Å². The second-order valence-corrected chi connectivity index (χ2v) is 4.93. The second-order valence-electron chi connectivity index (χ2n) is 2.18. The summed E-state index contributed by atoms with van der Waals surface area (Å²) in [7, 11) is -2.50. The number of halogens is 1. The summed E-state index contributed by atoms with van der Waals surface area (Å²) in [6.07, 6.45) is 1.38. The highest BCUT2D eigenvalue weighted by Crippen LogP contribution is 2.43. The molecule has 0 radical (unpaired) electrons. The molecule has 1 N–H and O–H groups in total. The average Bonchev–Trinajstić information content (AvgIpc) is 1.89. The van der Waals surface area contributed by atoms with E-state index in [0.717, 1.165) is 13.0 Å². The zero-order chi connectivity index (χ0) is 7.45. The van der Waals surface area contributed by atoms with E-state index in [4.69, 9.17) is 16.1 Å². The molecule has 0 spiro atoms. The molecule has 0 aromatic heterocycles. The molecule has 0 bridgehead atoms. The Kier molecular flexibility index (Phi) is 3.18. The lowest BCUT2D eigenvalue weighted by molar-refractivity contribution is 0.278. The van der Waals surface area contributed by atoms with Gasteiger partial charge in [-0.3, -0.25) is 4.57 Å². The van der Waals surface area contributed by atoms with Gasteiger partial charge in [0, 0.05) is 12.4 Å². The van der Waals surface area contributed by atoms with Crippen molar-refractivity contribution in [2.24, 2.45) is 0 Å². The molecule has 10 heavy (non-hydrogen) atoms. The predicted molar refractivity (Wildman–Crippen MR) is 41.8 cm³/mol. The van der Waals surface area contributed by atoms with Crippen LogP contribution in [0.25, 0.3) is 0 Å². The molecule has 0 aromatic rings. The molecule has 0 aromatic carbocycles. The standard InChI is InChI=1S/C5H11ClNO2P/c6-2-5-10(8)7-3-1-4-9-10/h1-5H2,(H,7,8). The van der Waals surface area contributed by atoms with Crippen LogP contribution in [0.5, 0.6) is 0 Å². The molecule has 1 rings (SSSR count). The predicted octanol–water partition coefficient (Wildman–Crippen LogP) is 1.43. The van der Waals surface area contributed by atoms with Crippen molar-refractivity contribution in [2.45, 2.75) is 6.42 Å². The van der Waals surface area contributed by atoms with Crippen LogP contribution in [0.4, 0.5) is 0 Å². The Labute approximate surface area is 65.6 Å². The van der Waals surface area contributed by atoms with Crippen LogP contribution in [0.1, 0.15) is 6.42 Å². The summed E-state index contributed by atoms with van der Waals surface area (Å²) >= 11 is 5.43. The van der Waals surface area contributed by atoms with Crippen LogP contribution in [0.2, 0.25) is 0 Å². The van der Waals surface area contributed by atoms with Crippen LogP contribution in [0.15, 0.2) is 0 Å². The number of alkyl halides is 1. The van der Waals surface area contributed by atoms with Gasteiger partial charge < -0.3 is 4.52 Å². The van der Waals surface area contributed by atoms with Crippen LogP contribution in [-0.4, -0.2) is 25.2 Å². The van der Waals surface area contributed by atoms with Gasteiger partial charge in [0.05, 0.1) is 12.8 Å². The molecule has 1 fully saturated rings. The Hall–Kier alpha value is 0.440. The van der Waals surface area contributed by atoms with E-state index in [9.17, 15) is 4.57 Å². The summed E-state index contributed by atoms with van der Waals surface area (Å²) in [4.78, 5) is 0. The monoisotopic (exact) mass is 183 g/mol.